The predicted octanol–water partition coefficient (Wildman–Crippen LogP) is 1.45. The van der Waals surface area contributed by atoms with E-state index in [-0.39, 0.29) is 9.80 Å². The van der Waals surface area contributed by atoms with Crippen molar-refractivity contribution in [1.29, 1.82) is 0 Å². The summed E-state index contributed by atoms with van der Waals surface area (Å²) in [4.78, 5) is 8.98. The molecule has 1 atom stereocenters. The molecule has 0 aliphatic heterocycles. The van der Waals surface area contributed by atoms with Crippen LogP contribution in [0.1, 0.15) is 13.8 Å². The van der Waals surface area contributed by atoms with E-state index in [1.807, 2.05) is 0 Å². The van der Waals surface area contributed by atoms with Crippen LogP contribution in [0, 0.1) is 0 Å². The molecule has 0 aliphatic carbocycles. The van der Waals surface area contributed by atoms with Crippen LogP contribution < -0.4 is 0 Å². The Morgan fingerprint density at radius 3 is 2.00 bits per heavy atom. The summed E-state index contributed by atoms with van der Waals surface area (Å²) in [6.45, 7) is 5.83. The molecule has 0 radical (unpaired) electrons. The predicted molar refractivity (Wildman–Crippen MR) is 67.8 cm³/mol. The number of aliphatic carboxylic acids is 1. The number of hydrogen-bond donors (Lipinski definition) is 2. The van der Waals surface area contributed by atoms with Gasteiger partial charge >= 0.3 is 0 Å². The molecule has 1 rings (SSSR count). The van der Waals surface area contributed by atoms with Crippen molar-refractivity contribution < 1.29 is 23.4 Å². The van der Waals surface area contributed by atoms with Gasteiger partial charge in [0.25, 0.3) is 5.97 Å². The number of rotatable bonds is 3. The number of hydrogen-bond acceptors (Lipinski definition) is 4. The van der Waals surface area contributed by atoms with Crippen LogP contribution in [-0.4, -0.2) is 30.7 Å². The topological polar surface area (TPSA) is 91.7 Å². The fourth-order valence-electron chi connectivity index (χ4n) is 0.976. The molecule has 0 fully saturated rings. The minimum absolute atomic E-state index is 0.158. The van der Waals surface area contributed by atoms with Crippen molar-refractivity contribution in [2.75, 3.05) is 0 Å². The van der Waals surface area contributed by atoms with Crippen LogP contribution in [0.2, 0.25) is 0 Å². The van der Waals surface area contributed by atoms with Gasteiger partial charge in [0.15, 0.2) is 0 Å². The zero-order chi connectivity index (χ0) is 14.3. The van der Waals surface area contributed by atoms with E-state index in [9.17, 15) is 8.42 Å². The third kappa shape index (κ3) is 5.11. The van der Waals surface area contributed by atoms with Crippen molar-refractivity contribution in [3.8, 4) is 0 Å². The molecule has 100 valence electrons. The van der Waals surface area contributed by atoms with Crippen LogP contribution in [0.25, 0.3) is 0 Å². The van der Waals surface area contributed by atoms with Gasteiger partial charge in [0.1, 0.15) is 0 Å². The van der Waals surface area contributed by atoms with Crippen LogP contribution in [0.15, 0.2) is 46.7 Å². The van der Waals surface area contributed by atoms with Crippen LogP contribution in [0.3, 0.4) is 0 Å². The third-order valence-electron chi connectivity index (χ3n) is 1.86. The van der Waals surface area contributed by atoms with E-state index in [4.69, 9.17) is 15.0 Å². The SMILES string of the molecule is C=C(C(C)O)S(=O)(=O)c1ccccc1.CC(=O)O. The summed E-state index contributed by atoms with van der Waals surface area (Å²) < 4.78 is 23.4. The van der Waals surface area contributed by atoms with Gasteiger partial charge in [-0.15, -0.1) is 0 Å². The normalized spacial score (nSPS) is 11.9. The second-order valence-corrected chi connectivity index (χ2v) is 5.48. The molecule has 0 amide bonds. The smallest absolute Gasteiger partial charge is 0.300 e. The highest BCUT2D eigenvalue weighted by Gasteiger charge is 2.21. The Hall–Kier alpha value is -1.66. The number of carbonyl (C=O) groups is 1. The molecule has 0 saturated carbocycles. The largest absolute Gasteiger partial charge is 0.481 e. The lowest BCUT2D eigenvalue weighted by Gasteiger charge is -2.09. The van der Waals surface area contributed by atoms with E-state index < -0.39 is 21.9 Å². The first-order chi connectivity index (χ1) is 8.19. The van der Waals surface area contributed by atoms with E-state index in [0.29, 0.717) is 0 Å². The van der Waals surface area contributed by atoms with Gasteiger partial charge in [0.05, 0.1) is 15.9 Å². The van der Waals surface area contributed by atoms with E-state index in [1.54, 1.807) is 18.2 Å². The first-order valence-corrected chi connectivity index (χ1v) is 6.54. The van der Waals surface area contributed by atoms with Crippen molar-refractivity contribution in [1.82, 2.24) is 0 Å². The standard InChI is InChI=1S/C10H12O3S.C2H4O2/c1-8(11)9(2)14(12,13)10-6-4-3-5-7-10;1-2(3)4/h3-8,11H,2H2,1H3;1H3,(H,3,4). The molecule has 0 heterocycles. The number of aliphatic hydroxyl groups is 1. The number of benzene rings is 1. The van der Waals surface area contributed by atoms with Gasteiger partial charge in [0, 0.05) is 6.92 Å². The van der Waals surface area contributed by atoms with Gasteiger partial charge in [-0.25, -0.2) is 8.42 Å². The molecule has 5 nitrogen and oxygen atoms in total. The Morgan fingerprint density at radius 2 is 1.67 bits per heavy atom. The minimum atomic E-state index is -3.58. The molecule has 1 aromatic rings. The molecule has 0 aliphatic rings. The maximum Gasteiger partial charge on any atom is 0.300 e. The van der Waals surface area contributed by atoms with E-state index in [2.05, 4.69) is 6.58 Å². The van der Waals surface area contributed by atoms with Crippen molar-refractivity contribution in [3.05, 3.63) is 41.8 Å². The minimum Gasteiger partial charge on any atom is -0.481 e. The summed E-state index contributed by atoms with van der Waals surface area (Å²) in [5, 5.41) is 16.6. The number of aliphatic hydroxyl groups excluding tert-OH is 1. The molecule has 1 unspecified atom stereocenters. The second-order valence-electron chi connectivity index (χ2n) is 3.48. The highest BCUT2D eigenvalue weighted by atomic mass is 32.2. The van der Waals surface area contributed by atoms with Crippen molar-refractivity contribution in [2.24, 2.45) is 0 Å². The highest BCUT2D eigenvalue weighted by molar-refractivity contribution is 7.95. The third-order valence-corrected chi connectivity index (χ3v) is 3.79. The Bertz CT molecular complexity index is 499. The van der Waals surface area contributed by atoms with Crippen molar-refractivity contribution in [2.45, 2.75) is 24.8 Å². The lowest BCUT2D eigenvalue weighted by Crippen LogP contribution is -2.14. The molecule has 0 saturated heterocycles. The molecule has 18 heavy (non-hydrogen) atoms. The lowest BCUT2D eigenvalue weighted by molar-refractivity contribution is -0.134. The quantitative estimate of drug-likeness (QED) is 0.868. The Morgan fingerprint density at radius 1 is 1.28 bits per heavy atom. The Kier molecular flexibility index (Phi) is 6.29. The first-order valence-electron chi connectivity index (χ1n) is 5.06. The molecular formula is C12H16O5S. The number of carboxylic acids is 1. The van der Waals surface area contributed by atoms with Gasteiger partial charge in [-0.3, -0.25) is 4.79 Å². The molecule has 0 aromatic heterocycles. The second kappa shape index (κ2) is 6.93. The summed E-state index contributed by atoms with van der Waals surface area (Å²) in [5.74, 6) is -0.833. The summed E-state index contributed by atoms with van der Waals surface area (Å²) in [6, 6.07) is 7.93. The van der Waals surface area contributed by atoms with Gasteiger partial charge in [0.2, 0.25) is 9.84 Å². The van der Waals surface area contributed by atoms with E-state index >= 15 is 0 Å². The maximum atomic E-state index is 11.7. The summed E-state index contributed by atoms with van der Waals surface area (Å²) in [5.41, 5.74) is 0. The number of carboxylic acid groups (broad SMARTS) is 1. The van der Waals surface area contributed by atoms with Crippen molar-refractivity contribution >= 4 is 15.8 Å². The summed E-state index contributed by atoms with van der Waals surface area (Å²) >= 11 is 0. The average molecular weight is 272 g/mol. The monoisotopic (exact) mass is 272 g/mol. The highest BCUT2D eigenvalue weighted by Crippen LogP contribution is 2.19. The van der Waals surface area contributed by atoms with Crippen molar-refractivity contribution in [3.63, 3.8) is 0 Å². The zero-order valence-electron chi connectivity index (χ0n) is 10.2. The van der Waals surface area contributed by atoms with Gasteiger partial charge in [-0.05, 0) is 19.1 Å². The molecular weight excluding hydrogens is 256 g/mol. The maximum absolute atomic E-state index is 11.7. The first kappa shape index (κ1) is 16.3. The molecule has 2 N–H and O–H groups in total. The van der Waals surface area contributed by atoms with Crippen LogP contribution in [-0.2, 0) is 14.6 Å². The zero-order valence-corrected chi connectivity index (χ0v) is 11.0. The molecule has 1 aromatic carbocycles. The molecule has 0 spiro atoms. The van der Waals surface area contributed by atoms with E-state index in [0.717, 1.165) is 6.92 Å². The fourth-order valence-corrected chi connectivity index (χ4v) is 2.24. The van der Waals surface area contributed by atoms with Crippen LogP contribution in [0.4, 0.5) is 0 Å². The van der Waals surface area contributed by atoms with Gasteiger partial charge in [-0.2, -0.15) is 0 Å². The molecule has 6 heteroatoms. The Labute approximate surface area is 106 Å². The molecule has 0 bridgehead atoms. The summed E-state index contributed by atoms with van der Waals surface area (Å²) in [6.07, 6.45) is -1.06. The van der Waals surface area contributed by atoms with Gasteiger partial charge < -0.3 is 10.2 Å². The van der Waals surface area contributed by atoms with E-state index in [1.165, 1.54) is 19.1 Å². The van der Waals surface area contributed by atoms with Crippen LogP contribution >= 0.6 is 0 Å². The van der Waals surface area contributed by atoms with Gasteiger partial charge in [-0.1, -0.05) is 24.8 Å². The average Bonchev–Trinajstić information content (AvgIpc) is 2.28. The summed E-state index contributed by atoms with van der Waals surface area (Å²) in [7, 11) is -3.58. The number of sulfone groups is 1. The Balaban J connectivity index is 0.000000631. The van der Waals surface area contributed by atoms with Crippen LogP contribution in [0.5, 0.6) is 0 Å². The fraction of sp³-hybridized carbons (Fsp3) is 0.250. The lowest BCUT2D eigenvalue weighted by atomic mass is 10.4.